The molecule has 3 rings (SSSR count). The average Bonchev–Trinajstić information content (AvgIpc) is 2.68. The lowest BCUT2D eigenvalue weighted by Gasteiger charge is -2.15. The van der Waals surface area contributed by atoms with Gasteiger partial charge in [-0.05, 0) is 41.8 Å². The smallest absolute Gasteiger partial charge is 0.224 e. The zero-order valence-electron chi connectivity index (χ0n) is 15.5. The molecule has 0 bridgehead atoms. The minimum Gasteiger partial charge on any atom is -0.224 e. The minimum atomic E-state index is -3.87. The lowest BCUT2D eigenvalue weighted by Crippen LogP contribution is -2.27. The van der Waals surface area contributed by atoms with Gasteiger partial charge in [0.25, 0.3) is 0 Å². The summed E-state index contributed by atoms with van der Waals surface area (Å²) in [7, 11) is -7.36. The minimum absolute atomic E-state index is 0.0322. The molecular weight excluding hydrogens is 394 g/mol. The van der Waals surface area contributed by atoms with Crippen LogP contribution >= 0.6 is 0 Å². The van der Waals surface area contributed by atoms with E-state index < -0.39 is 25.9 Å². The second-order valence-corrected chi connectivity index (χ2v) is 10.3. The van der Waals surface area contributed by atoms with Gasteiger partial charge in [-0.3, -0.25) is 0 Å². The van der Waals surface area contributed by atoms with Crippen molar-refractivity contribution < 1.29 is 16.8 Å². The summed E-state index contributed by atoms with van der Waals surface area (Å²) in [5.74, 6) is 0. The van der Waals surface area contributed by atoms with Gasteiger partial charge in [0.15, 0.2) is 9.84 Å². The molecule has 1 N–H and O–H groups in total. The van der Waals surface area contributed by atoms with Gasteiger partial charge in [0.2, 0.25) is 10.0 Å². The number of hydrogen-bond acceptors (Lipinski definition) is 4. The molecule has 3 aromatic rings. The number of hydrogen-bond donors (Lipinski definition) is 1. The molecule has 0 aliphatic heterocycles. The molecule has 5 nitrogen and oxygen atoms in total. The molecule has 146 valence electrons. The van der Waals surface area contributed by atoms with Crippen molar-refractivity contribution in [2.24, 2.45) is 0 Å². The molecule has 1 unspecified atom stereocenters. The number of sulfonamides is 1. The van der Waals surface area contributed by atoms with Crippen LogP contribution < -0.4 is 4.72 Å². The number of nitrogens with one attached hydrogen (secondary N) is 1. The first-order chi connectivity index (χ1) is 13.2. The van der Waals surface area contributed by atoms with Crippen LogP contribution in [0, 0.1) is 0 Å². The van der Waals surface area contributed by atoms with Crippen molar-refractivity contribution in [2.45, 2.75) is 22.8 Å². The topological polar surface area (TPSA) is 80.3 Å². The Balaban J connectivity index is 1.81. The van der Waals surface area contributed by atoms with Crippen molar-refractivity contribution in [3.05, 3.63) is 84.4 Å². The van der Waals surface area contributed by atoms with Crippen molar-refractivity contribution in [3.63, 3.8) is 0 Å². The third-order valence-corrected chi connectivity index (χ3v) is 7.04. The Morgan fingerprint density at radius 1 is 0.714 bits per heavy atom. The lowest BCUT2D eigenvalue weighted by atomic mass is 10.0. The van der Waals surface area contributed by atoms with Crippen LogP contribution in [-0.2, 0) is 19.9 Å². The van der Waals surface area contributed by atoms with Crippen LogP contribution in [0.15, 0.2) is 88.7 Å². The molecule has 0 spiro atoms. The maximum atomic E-state index is 12.7. The maximum absolute atomic E-state index is 12.7. The summed E-state index contributed by atoms with van der Waals surface area (Å²) in [6.45, 7) is 1.75. The third kappa shape index (κ3) is 4.67. The molecule has 0 saturated heterocycles. The van der Waals surface area contributed by atoms with Crippen LogP contribution in [0.5, 0.6) is 0 Å². The molecule has 0 aliphatic rings. The highest BCUT2D eigenvalue weighted by Gasteiger charge is 2.20. The molecular formula is C21H21NO4S2. The lowest BCUT2D eigenvalue weighted by molar-refractivity contribution is 0.566. The zero-order chi connectivity index (χ0) is 20.4. The Bertz CT molecular complexity index is 1170. The molecule has 1 atom stereocenters. The number of sulfone groups is 1. The van der Waals surface area contributed by atoms with Crippen molar-refractivity contribution in [1.82, 2.24) is 4.72 Å². The summed E-state index contributed by atoms with van der Waals surface area (Å²) in [5.41, 5.74) is 2.93. The predicted molar refractivity (Wildman–Crippen MR) is 110 cm³/mol. The fraction of sp³-hybridized carbons (Fsp3) is 0.143. The Morgan fingerprint density at radius 3 is 1.89 bits per heavy atom. The number of rotatable bonds is 6. The maximum Gasteiger partial charge on any atom is 0.241 e. The average molecular weight is 416 g/mol. The van der Waals surface area contributed by atoms with Gasteiger partial charge in [0.1, 0.15) is 0 Å². The molecule has 0 aliphatic carbocycles. The second kappa shape index (κ2) is 7.87. The summed E-state index contributed by atoms with van der Waals surface area (Å²) in [6.07, 6.45) is 1.04. The van der Waals surface area contributed by atoms with E-state index in [-0.39, 0.29) is 9.79 Å². The van der Waals surface area contributed by atoms with E-state index in [9.17, 15) is 16.8 Å². The van der Waals surface area contributed by atoms with Crippen LogP contribution in [0.2, 0.25) is 0 Å². The molecule has 0 radical (unpaired) electrons. The molecule has 7 heteroatoms. The molecule has 0 fully saturated rings. The van der Waals surface area contributed by atoms with Gasteiger partial charge in [0.05, 0.1) is 9.79 Å². The van der Waals surface area contributed by atoms with Crippen LogP contribution in [0.25, 0.3) is 11.1 Å². The van der Waals surface area contributed by atoms with E-state index in [4.69, 9.17) is 0 Å². The largest absolute Gasteiger partial charge is 0.241 e. The fourth-order valence-electron chi connectivity index (χ4n) is 2.84. The molecule has 0 aromatic heterocycles. The van der Waals surface area contributed by atoms with Crippen molar-refractivity contribution in [2.75, 3.05) is 6.26 Å². The van der Waals surface area contributed by atoms with Crippen LogP contribution in [-0.4, -0.2) is 23.1 Å². The number of benzene rings is 3. The summed E-state index contributed by atoms with van der Waals surface area (Å²) in [5, 5.41) is 0. The van der Waals surface area contributed by atoms with Crippen LogP contribution in [0.3, 0.4) is 0 Å². The molecule has 0 heterocycles. The molecule has 0 saturated carbocycles. The van der Waals surface area contributed by atoms with Gasteiger partial charge >= 0.3 is 0 Å². The first-order valence-corrected chi connectivity index (χ1v) is 12.0. The molecule has 28 heavy (non-hydrogen) atoms. The van der Waals surface area contributed by atoms with E-state index in [1.54, 1.807) is 6.92 Å². The Labute approximate surface area is 166 Å². The quantitative estimate of drug-likeness (QED) is 0.664. The normalized spacial score (nSPS) is 13.2. The standard InChI is InChI=1S/C21H21NO4S2/c1-16(17-11-13-19(14-12-17)18-7-4-3-5-8-18)22-28(25,26)21-10-6-9-20(15-21)27(2,23)24/h3-16,22H,1-2H3. The predicted octanol–water partition coefficient (Wildman–Crippen LogP) is 3.80. The molecule has 3 aromatic carbocycles. The van der Waals surface area contributed by atoms with E-state index >= 15 is 0 Å². The van der Waals surface area contributed by atoms with Gasteiger partial charge in [-0.1, -0.05) is 60.7 Å². The summed E-state index contributed by atoms with van der Waals surface area (Å²) < 4.78 is 51.3. The van der Waals surface area contributed by atoms with E-state index in [0.29, 0.717) is 0 Å². The monoisotopic (exact) mass is 415 g/mol. The van der Waals surface area contributed by atoms with E-state index in [1.807, 2.05) is 54.6 Å². The van der Waals surface area contributed by atoms with Gasteiger partial charge in [-0.2, -0.15) is 0 Å². The highest BCUT2D eigenvalue weighted by molar-refractivity contribution is 7.91. The van der Waals surface area contributed by atoms with Crippen LogP contribution in [0.4, 0.5) is 0 Å². The highest BCUT2D eigenvalue weighted by atomic mass is 32.2. The summed E-state index contributed by atoms with van der Waals surface area (Å²) in [6, 6.07) is 22.4. The van der Waals surface area contributed by atoms with Gasteiger partial charge in [-0.15, -0.1) is 0 Å². The second-order valence-electron chi connectivity index (χ2n) is 6.58. The SMILES string of the molecule is CC(NS(=O)(=O)c1cccc(S(C)(=O)=O)c1)c1ccc(-c2ccccc2)cc1. The highest BCUT2D eigenvalue weighted by Crippen LogP contribution is 2.23. The summed E-state index contributed by atoms with van der Waals surface area (Å²) >= 11 is 0. The Morgan fingerprint density at radius 2 is 1.29 bits per heavy atom. The van der Waals surface area contributed by atoms with Gasteiger partial charge in [0, 0.05) is 12.3 Å². The Kier molecular flexibility index (Phi) is 5.69. The van der Waals surface area contributed by atoms with Gasteiger partial charge < -0.3 is 0 Å². The summed E-state index contributed by atoms with van der Waals surface area (Å²) in [4.78, 5) is -0.113. The van der Waals surface area contributed by atoms with Gasteiger partial charge in [-0.25, -0.2) is 21.6 Å². The van der Waals surface area contributed by atoms with E-state index in [1.165, 1.54) is 24.3 Å². The fourth-order valence-corrected chi connectivity index (χ4v) is 4.85. The Hall–Kier alpha value is -2.48. The first kappa shape index (κ1) is 20.3. The molecule has 0 amide bonds. The van der Waals surface area contributed by atoms with Crippen molar-refractivity contribution in [1.29, 1.82) is 0 Å². The third-order valence-electron chi connectivity index (χ3n) is 4.39. The van der Waals surface area contributed by atoms with Crippen molar-refractivity contribution >= 4 is 19.9 Å². The van der Waals surface area contributed by atoms with E-state index in [0.717, 1.165) is 22.9 Å². The van der Waals surface area contributed by atoms with E-state index in [2.05, 4.69) is 4.72 Å². The first-order valence-electron chi connectivity index (χ1n) is 8.65. The van der Waals surface area contributed by atoms with Crippen molar-refractivity contribution in [3.8, 4) is 11.1 Å². The zero-order valence-corrected chi connectivity index (χ0v) is 17.2. The van der Waals surface area contributed by atoms with Crippen LogP contribution in [0.1, 0.15) is 18.5 Å².